The SMILES string of the molecule is C=CCN1C(=S)NC(c2ccc(OC)cc2)C(c2nc(-c3ccc(OCC)cc3)no2)=C1C. The monoisotopic (exact) mass is 462 g/mol. The average molecular weight is 463 g/mol. The van der Waals surface area contributed by atoms with E-state index in [1.54, 1.807) is 7.11 Å². The standard InChI is InChI=1S/C25H26N4O3S/c1-5-15-29-16(3)21(22(26-25(29)33)17-7-11-19(30-4)12-8-17)24-27-23(28-32-24)18-9-13-20(14-10-18)31-6-2/h5,7-14,22H,1,6,15H2,2-4H3,(H,26,33). The molecule has 0 saturated carbocycles. The molecule has 33 heavy (non-hydrogen) atoms. The fourth-order valence-corrected chi connectivity index (χ4v) is 4.10. The van der Waals surface area contributed by atoms with E-state index in [2.05, 4.69) is 17.1 Å². The van der Waals surface area contributed by atoms with Crippen LogP contribution in [0.4, 0.5) is 0 Å². The summed E-state index contributed by atoms with van der Waals surface area (Å²) in [4.78, 5) is 6.69. The smallest absolute Gasteiger partial charge is 0.258 e. The third-order valence-corrected chi connectivity index (χ3v) is 5.78. The van der Waals surface area contributed by atoms with Crippen LogP contribution in [-0.2, 0) is 0 Å². The van der Waals surface area contributed by atoms with E-state index < -0.39 is 0 Å². The van der Waals surface area contributed by atoms with E-state index in [1.165, 1.54) is 0 Å². The van der Waals surface area contributed by atoms with Crippen LogP contribution in [0.25, 0.3) is 17.0 Å². The van der Waals surface area contributed by atoms with Crippen molar-refractivity contribution in [1.29, 1.82) is 0 Å². The second-order valence-corrected chi connectivity index (χ2v) is 7.82. The van der Waals surface area contributed by atoms with Crippen molar-refractivity contribution < 1.29 is 14.0 Å². The molecule has 0 saturated heterocycles. The van der Waals surface area contributed by atoms with Gasteiger partial charge in [0.05, 0.1) is 25.3 Å². The summed E-state index contributed by atoms with van der Waals surface area (Å²) >= 11 is 5.64. The van der Waals surface area contributed by atoms with Gasteiger partial charge < -0.3 is 24.2 Å². The molecule has 2 heterocycles. The van der Waals surface area contributed by atoms with E-state index in [9.17, 15) is 0 Å². The molecule has 0 amide bonds. The predicted molar refractivity (Wildman–Crippen MR) is 132 cm³/mol. The Bertz CT molecular complexity index is 1170. The summed E-state index contributed by atoms with van der Waals surface area (Å²) in [5.41, 5.74) is 3.64. The number of methoxy groups -OCH3 is 1. The number of thiocarbonyl (C=S) groups is 1. The maximum Gasteiger partial charge on any atom is 0.258 e. The lowest BCUT2D eigenvalue weighted by molar-refractivity contribution is 0.340. The molecule has 1 N–H and O–H groups in total. The van der Waals surface area contributed by atoms with Crippen LogP contribution in [0.1, 0.15) is 31.3 Å². The first-order valence-electron chi connectivity index (χ1n) is 10.7. The third-order valence-electron chi connectivity index (χ3n) is 5.44. The van der Waals surface area contributed by atoms with Gasteiger partial charge >= 0.3 is 0 Å². The number of hydrogen-bond acceptors (Lipinski definition) is 6. The number of hydrogen-bond donors (Lipinski definition) is 1. The second-order valence-electron chi connectivity index (χ2n) is 7.43. The Morgan fingerprint density at radius 1 is 1.15 bits per heavy atom. The fraction of sp³-hybridized carbons (Fsp3) is 0.240. The molecule has 1 atom stereocenters. The highest BCUT2D eigenvalue weighted by Crippen LogP contribution is 2.37. The summed E-state index contributed by atoms with van der Waals surface area (Å²) in [6.07, 6.45) is 1.81. The number of allylic oxidation sites excluding steroid dienone is 1. The molecule has 4 rings (SSSR count). The zero-order valence-electron chi connectivity index (χ0n) is 18.9. The minimum atomic E-state index is -0.252. The molecule has 170 valence electrons. The van der Waals surface area contributed by atoms with Crippen LogP contribution in [0.3, 0.4) is 0 Å². The largest absolute Gasteiger partial charge is 0.497 e. The second kappa shape index (κ2) is 9.87. The molecule has 7 nitrogen and oxygen atoms in total. The molecule has 0 spiro atoms. The maximum atomic E-state index is 5.75. The normalized spacial score (nSPS) is 15.9. The topological polar surface area (TPSA) is 72.7 Å². The minimum absolute atomic E-state index is 0.252. The summed E-state index contributed by atoms with van der Waals surface area (Å²) < 4.78 is 16.6. The summed E-state index contributed by atoms with van der Waals surface area (Å²) in [5.74, 6) is 2.52. The first-order valence-corrected chi connectivity index (χ1v) is 11.1. The van der Waals surface area contributed by atoms with Crippen LogP contribution < -0.4 is 14.8 Å². The van der Waals surface area contributed by atoms with Crippen molar-refractivity contribution in [1.82, 2.24) is 20.4 Å². The van der Waals surface area contributed by atoms with Gasteiger partial charge in [0.15, 0.2) is 5.11 Å². The lowest BCUT2D eigenvalue weighted by atomic mass is 9.94. The number of rotatable bonds is 8. The molecule has 0 fully saturated rings. The average Bonchev–Trinajstić information content (AvgIpc) is 3.32. The van der Waals surface area contributed by atoms with Gasteiger partial charge in [-0.15, -0.1) is 6.58 Å². The molecule has 8 heteroatoms. The van der Waals surface area contributed by atoms with Gasteiger partial charge in [-0.3, -0.25) is 0 Å². The molecule has 1 aliphatic heterocycles. The van der Waals surface area contributed by atoms with Crippen molar-refractivity contribution in [3.8, 4) is 22.9 Å². The third kappa shape index (κ3) is 4.61. The van der Waals surface area contributed by atoms with Crippen LogP contribution in [0.2, 0.25) is 0 Å². The van der Waals surface area contributed by atoms with E-state index in [0.29, 0.717) is 30.0 Å². The van der Waals surface area contributed by atoms with Gasteiger partial charge in [0, 0.05) is 17.8 Å². The molecule has 0 aliphatic carbocycles. The molecule has 1 unspecified atom stereocenters. The number of nitrogens with zero attached hydrogens (tertiary/aromatic N) is 3. The van der Waals surface area contributed by atoms with Gasteiger partial charge in [0.2, 0.25) is 5.82 Å². The first-order chi connectivity index (χ1) is 16.0. The highest BCUT2D eigenvalue weighted by Gasteiger charge is 2.33. The highest BCUT2D eigenvalue weighted by molar-refractivity contribution is 7.80. The number of ether oxygens (including phenoxy) is 2. The molecule has 3 aromatic rings. The number of aromatic nitrogens is 2. The zero-order chi connectivity index (χ0) is 23.4. The van der Waals surface area contributed by atoms with E-state index in [1.807, 2.05) is 73.4 Å². The minimum Gasteiger partial charge on any atom is -0.497 e. The highest BCUT2D eigenvalue weighted by atomic mass is 32.1. The van der Waals surface area contributed by atoms with E-state index in [0.717, 1.165) is 33.9 Å². The molecule has 2 aromatic carbocycles. The van der Waals surface area contributed by atoms with Gasteiger partial charge in [0.1, 0.15) is 11.5 Å². The van der Waals surface area contributed by atoms with Gasteiger partial charge in [-0.25, -0.2) is 0 Å². The Kier molecular flexibility index (Phi) is 6.74. The molecular formula is C25H26N4O3S. The van der Waals surface area contributed by atoms with Crippen molar-refractivity contribution in [2.24, 2.45) is 0 Å². The Morgan fingerprint density at radius 2 is 1.85 bits per heavy atom. The molecule has 1 aromatic heterocycles. The lowest BCUT2D eigenvalue weighted by Gasteiger charge is -2.36. The summed E-state index contributed by atoms with van der Waals surface area (Å²) in [6, 6.07) is 15.2. The molecule has 0 radical (unpaired) electrons. The Morgan fingerprint density at radius 3 is 2.48 bits per heavy atom. The van der Waals surface area contributed by atoms with Crippen LogP contribution >= 0.6 is 12.2 Å². The van der Waals surface area contributed by atoms with Crippen molar-refractivity contribution >= 4 is 22.9 Å². The van der Waals surface area contributed by atoms with Crippen molar-refractivity contribution in [3.05, 3.63) is 78.3 Å². The van der Waals surface area contributed by atoms with Gasteiger partial charge in [-0.05, 0) is 68.0 Å². The molecule has 1 aliphatic rings. The van der Waals surface area contributed by atoms with Crippen LogP contribution in [0, 0.1) is 0 Å². The van der Waals surface area contributed by atoms with Crippen LogP contribution in [-0.4, -0.2) is 40.4 Å². The summed E-state index contributed by atoms with van der Waals surface area (Å²) in [7, 11) is 1.65. The Hall–Kier alpha value is -3.65. The molecular weight excluding hydrogens is 436 g/mol. The van der Waals surface area contributed by atoms with Gasteiger partial charge in [0.25, 0.3) is 5.89 Å². The number of nitrogens with one attached hydrogen (secondary N) is 1. The summed E-state index contributed by atoms with van der Waals surface area (Å²) in [5, 5.41) is 8.27. The first kappa shape index (κ1) is 22.5. The van der Waals surface area contributed by atoms with E-state index in [-0.39, 0.29) is 6.04 Å². The Labute approximate surface area is 198 Å². The fourth-order valence-electron chi connectivity index (χ4n) is 3.77. The van der Waals surface area contributed by atoms with Crippen LogP contribution in [0.15, 0.2) is 71.4 Å². The molecule has 0 bridgehead atoms. The summed E-state index contributed by atoms with van der Waals surface area (Å²) in [6.45, 7) is 8.99. The quantitative estimate of drug-likeness (QED) is 0.371. The zero-order valence-corrected chi connectivity index (χ0v) is 19.7. The Balaban J connectivity index is 1.75. The van der Waals surface area contributed by atoms with Crippen molar-refractivity contribution in [3.63, 3.8) is 0 Å². The van der Waals surface area contributed by atoms with Crippen molar-refractivity contribution in [2.75, 3.05) is 20.3 Å². The number of benzene rings is 2. The van der Waals surface area contributed by atoms with Gasteiger partial charge in [-0.1, -0.05) is 23.4 Å². The maximum absolute atomic E-state index is 5.75. The van der Waals surface area contributed by atoms with Crippen LogP contribution in [0.5, 0.6) is 11.5 Å². The predicted octanol–water partition coefficient (Wildman–Crippen LogP) is 4.99. The van der Waals surface area contributed by atoms with E-state index >= 15 is 0 Å². The van der Waals surface area contributed by atoms with E-state index in [4.69, 9.17) is 31.2 Å². The van der Waals surface area contributed by atoms with Gasteiger partial charge in [-0.2, -0.15) is 4.98 Å². The van der Waals surface area contributed by atoms with Crippen molar-refractivity contribution in [2.45, 2.75) is 19.9 Å². The lowest BCUT2D eigenvalue weighted by Crippen LogP contribution is -2.45.